The lowest BCUT2D eigenvalue weighted by molar-refractivity contribution is -0.111. The summed E-state index contributed by atoms with van der Waals surface area (Å²) >= 11 is 1.21. The molecular formula is C19H25N7O3S. The van der Waals surface area contributed by atoms with Gasteiger partial charge in [0, 0.05) is 32.4 Å². The molecule has 2 aromatic rings. The zero-order valence-electron chi connectivity index (χ0n) is 17.5. The molecule has 0 spiro atoms. The lowest BCUT2D eigenvalue weighted by Crippen LogP contribution is -2.45. The number of aromatic nitrogens is 4. The molecule has 30 heavy (non-hydrogen) atoms. The van der Waals surface area contributed by atoms with Crippen LogP contribution >= 0.6 is 11.8 Å². The average Bonchev–Trinajstić information content (AvgIpc) is 2.74. The van der Waals surface area contributed by atoms with E-state index < -0.39 is 0 Å². The minimum Gasteiger partial charge on any atom is -0.480 e. The summed E-state index contributed by atoms with van der Waals surface area (Å²) in [5.74, 6) is 1.46. The first kappa shape index (κ1) is 21.8. The van der Waals surface area contributed by atoms with Gasteiger partial charge in [-0.15, -0.1) is 0 Å². The standard InChI is InChI=1S/C19H25N7O3S/c1-5-6-14(27)21-13-7-8-20-19(22-13)30-15-16(28-3)23-18(24-17(15)29-4)26-11-9-25(2)10-12-26/h5-8H,9-12H2,1-4H3,(H,20,21,22,27)/b6-5-. The zero-order chi connectivity index (χ0) is 21.5. The van der Waals surface area contributed by atoms with Crippen molar-refractivity contribution in [3.05, 3.63) is 24.4 Å². The second kappa shape index (κ2) is 10.2. The number of hydrogen-bond donors (Lipinski definition) is 1. The van der Waals surface area contributed by atoms with Gasteiger partial charge in [-0.25, -0.2) is 9.97 Å². The van der Waals surface area contributed by atoms with Gasteiger partial charge in [-0.2, -0.15) is 9.97 Å². The van der Waals surface area contributed by atoms with Crippen LogP contribution in [0.3, 0.4) is 0 Å². The number of piperazine rings is 1. The molecule has 10 nitrogen and oxygen atoms in total. The Balaban J connectivity index is 1.86. The van der Waals surface area contributed by atoms with Crippen molar-refractivity contribution in [2.45, 2.75) is 17.0 Å². The van der Waals surface area contributed by atoms with Crippen molar-refractivity contribution >= 4 is 29.4 Å². The largest absolute Gasteiger partial charge is 0.480 e. The highest BCUT2D eigenvalue weighted by Gasteiger charge is 2.23. The molecule has 1 aliphatic rings. The number of carbonyl (C=O) groups excluding carboxylic acids is 1. The Labute approximate surface area is 179 Å². The van der Waals surface area contributed by atoms with Gasteiger partial charge in [0.2, 0.25) is 23.6 Å². The number of nitrogens with zero attached hydrogens (tertiary/aromatic N) is 6. The Morgan fingerprint density at radius 2 is 1.80 bits per heavy atom. The number of amides is 1. The van der Waals surface area contributed by atoms with E-state index in [1.165, 1.54) is 17.8 Å². The van der Waals surface area contributed by atoms with Crippen LogP contribution in [-0.2, 0) is 4.79 Å². The van der Waals surface area contributed by atoms with Crippen LogP contribution in [0, 0.1) is 0 Å². The zero-order valence-corrected chi connectivity index (χ0v) is 18.3. The third kappa shape index (κ3) is 5.36. The first-order valence-corrected chi connectivity index (χ1v) is 10.2. The highest BCUT2D eigenvalue weighted by molar-refractivity contribution is 7.99. The van der Waals surface area contributed by atoms with Crippen LogP contribution in [0.25, 0.3) is 0 Å². The summed E-state index contributed by atoms with van der Waals surface area (Å²) in [7, 11) is 5.19. The van der Waals surface area contributed by atoms with Gasteiger partial charge >= 0.3 is 0 Å². The lowest BCUT2D eigenvalue weighted by atomic mass is 10.3. The van der Waals surface area contributed by atoms with Gasteiger partial charge in [0.25, 0.3) is 0 Å². The van der Waals surface area contributed by atoms with E-state index in [0.717, 1.165) is 26.2 Å². The highest BCUT2D eigenvalue weighted by Crippen LogP contribution is 2.39. The van der Waals surface area contributed by atoms with Crippen LogP contribution in [0.5, 0.6) is 11.8 Å². The van der Waals surface area contributed by atoms with Crippen molar-refractivity contribution in [3.63, 3.8) is 0 Å². The fourth-order valence-corrected chi connectivity index (χ4v) is 3.65. The molecule has 1 amide bonds. The molecule has 0 unspecified atom stereocenters. The van der Waals surface area contributed by atoms with E-state index in [9.17, 15) is 4.79 Å². The second-order valence-electron chi connectivity index (χ2n) is 6.48. The molecule has 2 aromatic heterocycles. The number of nitrogens with one attached hydrogen (secondary N) is 1. The van der Waals surface area contributed by atoms with Crippen LogP contribution in [0.2, 0.25) is 0 Å². The van der Waals surface area contributed by atoms with Gasteiger partial charge in [-0.3, -0.25) is 4.79 Å². The number of ether oxygens (including phenoxy) is 2. The Hall–Kier alpha value is -2.92. The van der Waals surface area contributed by atoms with E-state index in [4.69, 9.17) is 9.47 Å². The summed E-state index contributed by atoms with van der Waals surface area (Å²) in [6, 6.07) is 1.62. The number of rotatable bonds is 7. The van der Waals surface area contributed by atoms with Crippen LogP contribution in [0.15, 0.2) is 34.5 Å². The number of anilines is 2. The molecular weight excluding hydrogens is 406 g/mol. The van der Waals surface area contributed by atoms with Gasteiger partial charge in [0.05, 0.1) is 14.2 Å². The number of likely N-dealkylation sites (N-methyl/N-ethyl adjacent to an activating group) is 1. The monoisotopic (exact) mass is 431 g/mol. The lowest BCUT2D eigenvalue weighted by Gasteiger charge is -2.32. The van der Waals surface area contributed by atoms with E-state index in [0.29, 0.717) is 33.6 Å². The quantitative estimate of drug-likeness (QED) is 0.514. The van der Waals surface area contributed by atoms with E-state index in [2.05, 4.69) is 42.1 Å². The molecule has 1 saturated heterocycles. The second-order valence-corrected chi connectivity index (χ2v) is 7.45. The van der Waals surface area contributed by atoms with Gasteiger partial charge in [-0.1, -0.05) is 6.08 Å². The summed E-state index contributed by atoms with van der Waals surface area (Å²) < 4.78 is 11.0. The maximum Gasteiger partial charge on any atom is 0.249 e. The van der Waals surface area contributed by atoms with Crippen LogP contribution in [-0.4, -0.2) is 78.2 Å². The summed E-state index contributed by atoms with van der Waals surface area (Å²) in [4.78, 5) is 34.5. The van der Waals surface area contributed by atoms with Crippen LogP contribution in [0.1, 0.15) is 6.92 Å². The SMILES string of the molecule is C/C=C\C(=O)Nc1ccnc(Sc2c(OC)nc(N3CCN(C)CC3)nc2OC)n1. The van der Waals surface area contributed by atoms with Gasteiger partial charge in [0.1, 0.15) is 10.7 Å². The minimum atomic E-state index is -0.262. The van der Waals surface area contributed by atoms with E-state index in [1.807, 2.05) is 0 Å². The fourth-order valence-electron chi connectivity index (χ4n) is 2.78. The maximum absolute atomic E-state index is 11.8. The van der Waals surface area contributed by atoms with Gasteiger partial charge < -0.3 is 24.6 Å². The van der Waals surface area contributed by atoms with Crippen LogP contribution < -0.4 is 19.7 Å². The summed E-state index contributed by atoms with van der Waals surface area (Å²) in [5, 5.41) is 3.09. The van der Waals surface area contributed by atoms with Crippen molar-refractivity contribution in [1.82, 2.24) is 24.8 Å². The summed E-state index contributed by atoms with van der Waals surface area (Å²) in [5.41, 5.74) is 0. The van der Waals surface area contributed by atoms with Crippen molar-refractivity contribution in [1.29, 1.82) is 0 Å². The number of hydrogen-bond acceptors (Lipinski definition) is 10. The van der Waals surface area contributed by atoms with Crippen molar-refractivity contribution in [3.8, 4) is 11.8 Å². The maximum atomic E-state index is 11.8. The molecule has 0 atom stereocenters. The average molecular weight is 432 g/mol. The molecule has 160 valence electrons. The number of methoxy groups -OCH3 is 2. The van der Waals surface area contributed by atoms with E-state index >= 15 is 0 Å². The van der Waals surface area contributed by atoms with Gasteiger partial charge in [0.15, 0.2) is 5.16 Å². The number of carbonyl (C=O) groups is 1. The fraction of sp³-hybridized carbons (Fsp3) is 0.421. The molecule has 1 fully saturated rings. The van der Waals surface area contributed by atoms with Crippen molar-refractivity contribution < 1.29 is 14.3 Å². The minimum absolute atomic E-state index is 0.262. The highest BCUT2D eigenvalue weighted by atomic mass is 32.2. The predicted molar refractivity (Wildman–Crippen MR) is 114 cm³/mol. The Kier molecular flexibility index (Phi) is 7.41. The molecule has 3 rings (SSSR count). The number of allylic oxidation sites excluding steroid dienone is 1. The normalized spacial score (nSPS) is 14.7. The van der Waals surface area contributed by atoms with Crippen LogP contribution in [0.4, 0.5) is 11.8 Å². The predicted octanol–water partition coefficient (Wildman–Crippen LogP) is 1.70. The third-order valence-electron chi connectivity index (χ3n) is 4.36. The van der Waals surface area contributed by atoms with Crippen molar-refractivity contribution in [2.75, 3.05) is 57.7 Å². The molecule has 11 heteroatoms. The first-order valence-electron chi connectivity index (χ1n) is 9.42. The molecule has 0 aliphatic carbocycles. The Bertz CT molecular complexity index is 892. The first-order chi connectivity index (χ1) is 14.5. The van der Waals surface area contributed by atoms with E-state index in [-0.39, 0.29) is 5.91 Å². The smallest absolute Gasteiger partial charge is 0.249 e. The topological polar surface area (TPSA) is 106 Å². The Morgan fingerprint density at radius 1 is 1.13 bits per heavy atom. The molecule has 0 radical (unpaired) electrons. The third-order valence-corrected chi connectivity index (χ3v) is 5.29. The summed E-state index contributed by atoms with van der Waals surface area (Å²) in [6.45, 7) is 5.29. The van der Waals surface area contributed by atoms with E-state index in [1.54, 1.807) is 39.5 Å². The Morgan fingerprint density at radius 3 is 2.40 bits per heavy atom. The summed E-state index contributed by atoms with van der Waals surface area (Å²) in [6.07, 6.45) is 4.64. The van der Waals surface area contributed by atoms with Gasteiger partial charge in [-0.05, 0) is 37.9 Å². The molecule has 1 aliphatic heterocycles. The van der Waals surface area contributed by atoms with Crippen molar-refractivity contribution in [2.24, 2.45) is 0 Å². The molecule has 3 heterocycles. The molecule has 0 bridgehead atoms. The molecule has 0 saturated carbocycles. The molecule has 1 N–H and O–H groups in total. The molecule has 0 aromatic carbocycles.